The lowest BCUT2D eigenvalue weighted by Crippen LogP contribution is -1.68. The molecule has 0 aliphatic carbocycles. The predicted molar refractivity (Wildman–Crippen MR) is 46.5 cm³/mol. The summed E-state index contributed by atoms with van der Waals surface area (Å²) < 4.78 is 0.978. The van der Waals surface area contributed by atoms with Crippen LogP contribution in [-0.2, 0) is 0 Å². The van der Waals surface area contributed by atoms with Crippen LogP contribution < -0.4 is 0 Å². The number of halogens is 1. The van der Waals surface area contributed by atoms with Crippen molar-refractivity contribution in [3.8, 4) is 12.1 Å². The second-order valence-corrected chi connectivity index (χ2v) is 4.46. The molecule has 0 fully saturated rings. The van der Waals surface area contributed by atoms with Crippen LogP contribution >= 0.6 is 33.9 Å². The Labute approximate surface area is 75.8 Å². The Morgan fingerprint density at radius 2 is 2.10 bits per heavy atom. The molecule has 48 valence electrons. The zero-order valence-corrected chi connectivity index (χ0v) is 7.73. The number of thiophene rings is 1. The van der Waals surface area contributed by atoms with E-state index in [-0.39, 0.29) is 0 Å². The molecule has 0 bridgehead atoms. The van der Waals surface area contributed by atoms with Crippen LogP contribution in [-0.4, -0.2) is 0 Å². The highest BCUT2D eigenvalue weighted by molar-refractivity contribution is 14.1. The molecule has 0 saturated heterocycles. The lowest BCUT2D eigenvalue weighted by Gasteiger charge is -1.73. The highest BCUT2D eigenvalue weighted by Gasteiger charge is 2.04. The molecule has 1 heterocycles. The molecule has 1 aromatic heterocycles. The van der Waals surface area contributed by atoms with Crippen molar-refractivity contribution in [3.63, 3.8) is 0 Å². The van der Waals surface area contributed by atoms with Gasteiger partial charge in [-0.2, -0.15) is 10.5 Å². The first-order valence-corrected chi connectivity index (χ1v) is 4.27. The van der Waals surface area contributed by atoms with Gasteiger partial charge in [0.15, 0.2) is 0 Å². The molecule has 0 radical (unpaired) electrons. The second kappa shape index (κ2) is 3.00. The van der Waals surface area contributed by atoms with E-state index < -0.39 is 0 Å². The van der Waals surface area contributed by atoms with Crippen molar-refractivity contribution in [3.05, 3.63) is 19.4 Å². The molecule has 0 N–H and O–H groups in total. The van der Waals surface area contributed by atoms with E-state index in [1.165, 1.54) is 11.3 Å². The third-order valence-electron chi connectivity index (χ3n) is 0.924. The van der Waals surface area contributed by atoms with Crippen molar-refractivity contribution in [1.82, 2.24) is 0 Å². The Morgan fingerprint density at radius 3 is 2.50 bits per heavy atom. The highest BCUT2D eigenvalue weighted by atomic mass is 127. The maximum atomic E-state index is 8.47. The minimum absolute atomic E-state index is 0.483. The topological polar surface area (TPSA) is 47.6 Å². The summed E-state index contributed by atoms with van der Waals surface area (Å²) in [5.41, 5.74) is 0.483. The van der Waals surface area contributed by atoms with Crippen molar-refractivity contribution in [2.24, 2.45) is 0 Å². The Morgan fingerprint density at radius 1 is 1.40 bits per heavy atom. The largest absolute Gasteiger partial charge is 0.192 e. The van der Waals surface area contributed by atoms with E-state index >= 15 is 0 Å². The maximum Gasteiger partial charge on any atom is 0.123 e. The van der Waals surface area contributed by atoms with Crippen LogP contribution in [0.2, 0.25) is 0 Å². The Hall–Kier alpha value is -0.590. The van der Waals surface area contributed by atoms with Crippen LogP contribution in [0.15, 0.2) is 6.07 Å². The first-order valence-electron chi connectivity index (χ1n) is 2.37. The third-order valence-corrected chi connectivity index (χ3v) is 2.72. The maximum absolute atomic E-state index is 8.47. The van der Waals surface area contributed by atoms with E-state index in [9.17, 15) is 0 Å². The molecular weight excluding hydrogens is 259 g/mol. The van der Waals surface area contributed by atoms with Crippen LogP contribution in [0.4, 0.5) is 0 Å². The smallest absolute Gasteiger partial charge is 0.123 e. The standard InChI is InChI=1S/C6HIN2S/c7-6-1-4(2-8)5(3-9)10-6/h1H. The van der Waals surface area contributed by atoms with Crippen molar-refractivity contribution in [2.75, 3.05) is 0 Å². The van der Waals surface area contributed by atoms with Gasteiger partial charge >= 0.3 is 0 Å². The van der Waals surface area contributed by atoms with Crippen molar-refractivity contribution >= 4 is 33.9 Å². The number of nitrogens with zero attached hydrogens (tertiary/aromatic N) is 2. The van der Waals surface area contributed by atoms with Crippen LogP contribution in [0, 0.1) is 25.5 Å². The molecule has 0 spiro atoms. The summed E-state index contributed by atoms with van der Waals surface area (Å²) in [7, 11) is 0. The van der Waals surface area contributed by atoms with Gasteiger partial charge < -0.3 is 0 Å². The molecule has 0 unspecified atom stereocenters. The second-order valence-electron chi connectivity index (χ2n) is 1.52. The van der Waals surface area contributed by atoms with Gasteiger partial charge in [0, 0.05) is 0 Å². The van der Waals surface area contributed by atoms with E-state index in [4.69, 9.17) is 10.5 Å². The van der Waals surface area contributed by atoms with E-state index in [0.717, 1.165) is 2.88 Å². The quantitative estimate of drug-likeness (QED) is 0.670. The lowest BCUT2D eigenvalue weighted by atomic mass is 10.3. The van der Waals surface area contributed by atoms with Crippen LogP contribution in [0.3, 0.4) is 0 Å². The summed E-state index contributed by atoms with van der Waals surface area (Å²) in [5, 5.41) is 16.9. The number of rotatable bonds is 0. The molecule has 1 aromatic rings. The molecule has 0 aromatic carbocycles. The fourth-order valence-electron chi connectivity index (χ4n) is 0.527. The molecule has 0 aliphatic rings. The van der Waals surface area contributed by atoms with Gasteiger partial charge in [-0.05, 0) is 28.7 Å². The monoisotopic (exact) mass is 260 g/mol. The first kappa shape index (κ1) is 7.52. The average Bonchev–Trinajstić information content (AvgIpc) is 2.30. The summed E-state index contributed by atoms with van der Waals surface area (Å²) >= 11 is 3.43. The summed E-state index contributed by atoms with van der Waals surface area (Å²) in [6.07, 6.45) is 0. The Bertz CT molecular complexity index is 297. The normalized spacial score (nSPS) is 8.30. The van der Waals surface area contributed by atoms with Gasteiger partial charge in [-0.15, -0.1) is 11.3 Å². The van der Waals surface area contributed by atoms with Gasteiger partial charge in [-0.1, -0.05) is 0 Å². The van der Waals surface area contributed by atoms with Gasteiger partial charge in [0.25, 0.3) is 0 Å². The highest BCUT2D eigenvalue weighted by Crippen LogP contribution is 2.21. The fourth-order valence-corrected chi connectivity index (χ4v) is 2.13. The summed E-state index contributed by atoms with van der Waals surface area (Å²) in [6, 6.07) is 5.62. The van der Waals surface area contributed by atoms with Gasteiger partial charge in [0.2, 0.25) is 0 Å². The van der Waals surface area contributed by atoms with Gasteiger partial charge in [0.1, 0.15) is 17.0 Å². The zero-order valence-electron chi connectivity index (χ0n) is 4.76. The summed E-state index contributed by atoms with van der Waals surface area (Å²) in [6.45, 7) is 0. The van der Waals surface area contributed by atoms with E-state index in [0.29, 0.717) is 10.4 Å². The van der Waals surface area contributed by atoms with Crippen LogP contribution in [0.25, 0.3) is 0 Å². The van der Waals surface area contributed by atoms with E-state index in [1.54, 1.807) is 6.07 Å². The summed E-state index contributed by atoms with van der Waals surface area (Å²) in [4.78, 5) is 0.506. The molecule has 0 aliphatic heterocycles. The lowest BCUT2D eigenvalue weighted by molar-refractivity contribution is 1.48. The van der Waals surface area contributed by atoms with Crippen molar-refractivity contribution in [1.29, 1.82) is 10.5 Å². The molecule has 0 saturated carbocycles. The molecule has 0 amide bonds. The first-order chi connectivity index (χ1) is 4.77. The average molecular weight is 260 g/mol. The molecular formula is C6HIN2S. The predicted octanol–water partition coefficient (Wildman–Crippen LogP) is 2.10. The van der Waals surface area contributed by atoms with E-state index in [1.807, 2.05) is 12.1 Å². The summed E-state index contributed by atoms with van der Waals surface area (Å²) in [5.74, 6) is 0. The van der Waals surface area contributed by atoms with Gasteiger partial charge in [0.05, 0.1) is 8.45 Å². The van der Waals surface area contributed by atoms with Gasteiger partial charge in [-0.3, -0.25) is 0 Å². The fraction of sp³-hybridized carbons (Fsp3) is 0. The molecule has 2 nitrogen and oxygen atoms in total. The van der Waals surface area contributed by atoms with Crippen molar-refractivity contribution in [2.45, 2.75) is 0 Å². The number of hydrogen-bond acceptors (Lipinski definition) is 3. The zero-order chi connectivity index (χ0) is 7.56. The minimum atomic E-state index is 0.483. The Balaban J connectivity index is 3.28. The molecule has 1 rings (SSSR count). The third kappa shape index (κ3) is 1.28. The van der Waals surface area contributed by atoms with E-state index in [2.05, 4.69) is 22.6 Å². The number of hydrogen-bond donors (Lipinski definition) is 0. The van der Waals surface area contributed by atoms with Crippen LogP contribution in [0.5, 0.6) is 0 Å². The molecule has 10 heavy (non-hydrogen) atoms. The van der Waals surface area contributed by atoms with Gasteiger partial charge in [-0.25, -0.2) is 0 Å². The van der Waals surface area contributed by atoms with Crippen LogP contribution in [0.1, 0.15) is 10.4 Å². The minimum Gasteiger partial charge on any atom is -0.192 e. The Kier molecular flexibility index (Phi) is 2.25. The SMILES string of the molecule is N#Cc1cc(I)sc1C#N. The number of nitriles is 2. The molecule has 0 atom stereocenters. The van der Waals surface area contributed by atoms with Crippen molar-refractivity contribution < 1.29 is 0 Å². The molecule has 4 heteroatoms.